The second kappa shape index (κ2) is 4.67. The van der Waals surface area contributed by atoms with Crippen molar-refractivity contribution in [2.75, 3.05) is 0 Å². The van der Waals surface area contributed by atoms with E-state index in [1.807, 2.05) is 24.3 Å². The van der Waals surface area contributed by atoms with E-state index in [-0.39, 0.29) is 0 Å². The van der Waals surface area contributed by atoms with Crippen LogP contribution in [0.1, 0.15) is 0 Å². The molecule has 2 rings (SSSR count). The lowest BCUT2D eigenvalue weighted by atomic mass is 10.4. The topological polar surface area (TPSA) is 0 Å². The molecular formula is C12H8BrS. The van der Waals surface area contributed by atoms with E-state index in [2.05, 4.69) is 46.3 Å². The molecule has 0 aliphatic heterocycles. The van der Waals surface area contributed by atoms with Crippen molar-refractivity contribution in [1.82, 2.24) is 0 Å². The lowest BCUT2D eigenvalue weighted by Crippen LogP contribution is -1.74. The molecule has 69 valence electrons. The smallest absolute Gasteiger partial charge is 0.0314 e. The molecule has 14 heavy (non-hydrogen) atoms. The Kier molecular flexibility index (Phi) is 3.27. The van der Waals surface area contributed by atoms with Crippen molar-refractivity contribution in [3.8, 4) is 0 Å². The molecule has 2 aromatic carbocycles. The summed E-state index contributed by atoms with van der Waals surface area (Å²) >= 11 is 5.27. The molecule has 0 amide bonds. The first-order valence-electron chi connectivity index (χ1n) is 4.25. The van der Waals surface area contributed by atoms with Gasteiger partial charge in [-0.25, -0.2) is 0 Å². The van der Waals surface area contributed by atoms with Crippen LogP contribution in [-0.2, 0) is 0 Å². The number of benzene rings is 2. The van der Waals surface area contributed by atoms with E-state index in [9.17, 15) is 0 Å². The van der Waals surface area contributed by atoms with E-state index in [0.29, 0.717) is 0 Å². The van der Waals surface area contributed by atoms with Crippen molar-refractivity contribution >= 4 is 27.7 Å². The van der Waals surface area contributed by atoms with E-state index < -0.39 is 0 Å². The summed E-state index contributed by atoms with van der Waals surface area (Å²) in [6.45, 7) is 0. The molecule has 0 N–H and O–H groups in total. The molecule has 0 fully saturated rings. The van der Waals surface area contributed by atoms with Crippen LogP contribution in [0.5, 0.6) is 0 Å². The van der Waals surface area contributed by atoms with Gasteiger partial charge in [0, 0.05) is 14.3 Å². The Morgan fingerprint density at radius 3 is 2.43 bits per heavy atom. The third kappa shape index (κ3) is 2.40. The fraction of sp³-hybridized carbons (Fsp3) is 0. The van der Waals surface area contributed by atoms with Crippen molar-refractivity contribution in [2.24, 2.45) is 0 Å². The number of hydrogen-bond acceptors (Lipinski definition) is 1. The zero-order valence-electron chi connectivity index (χ0n) is 7.41. The Hall–Kier alpha value is -0.730. The highest BCUT2D eigenvalue weighted by Crippen LogP contribution is 2.32. The van der Waals surface area contributed by atoms with E-state index in [1.165, 1.54) is 9.79 Å². The minimum atomic E-state index is 1.14. The first kappa shape index (κ1) is 9.81. The maximum atomic E-state index is 3.53. The fourth-order valence-electron chi connectivity index (χ4n) is 1.09. The Bertz CT molecular complexity index is 412. The van der Waals surface area contributed by atoms with Crippen LogP contribution in [0, 0.1) is 6.07 Å². The summed E-state index contributed by atoms with van der Waals surface area (Å²) in [4.78, 5) is 2.47. The molecule has 0 aromatic heterocycles. The molecule has 0 spiro atoms. The highest BCUT2D eigenvalue weighted by Gasteiger charge is 1.99. The Labute approximate surface area is 96.5 Å². The highest BCUT2D eigenvalue weighted by atomic mass is 79.9. The van der Waals surface area contributed by atoms with Gasteiger partial charge >= 0.3 is 0 Å². The molecule has 0 aliphatic rings. The van der Waals surface area contributed by atoms with Crippen LogP contribution in [0.2, 0.25) is 0 Å². The van der Waals surface area contributed by atoms with Crippen LogP contribution in [0.3, 0.4) is 0 Å². The van der Waals surface area contributed by atoms with Gasteiger partial charge in [-0.1, -0.05) is 36.0 Å². The van der Waals surface area contributed by atoms with Crippen LogP contribution < -0.4 is 0 Å². The van der Waals surface area contributed by atoms with E-state index in [1.54, 1.807) is 11.8 Å². The average Bonchev–Trinajstić information content (AvgIpc) is 2.23. The SMILES string of the molecule is Brc1ccccc1Sc1cc[c]cc1. The normalized spacial score (nSPS) is 10.1. The van der Waals surface area contributed by atoms with Crippen LogP contribution >= 0.6 is 27.7 Å². The summed E-state index contributed by atoms with van der Waals surface area (Å²) in [6.07, 6.45) is 0. The van der Waals surface area contributed by atoms with Gasteiger partial charge in [0.1, 0.15) is 0 Å². The molecule has 0 saturated heterocycles. The molecular weight excluding hydrogens is 256 g/mol. The third-order valence-electron chi connectivity index (χ3n) is 1.75. The zero-order valence-corrected chi connectivity index (χ0v) is 9.81. The summed E-state index contributed by atoms with van der Waals surface area (Å²) in [5.74, 6) is 0. The first-order valence-corrected chi connectivity index (χ1v) is 5.86. The van der Waals surface area contributed by atoms with Gasteiger partial charge in [-0.05, 0) is 46.3 Å². The molecule has 0 nitrogen and oxygen atoms in total. The van der Waals surface area contributed by atoms with Crippen molar-refractivity contribution < 1.29 is 0 Å². The van der Waals surface area contributed by atoms with Crippen molar-refractivity contribution in [3.63, 3.8) is 0 Å². The van der Waals surface area contributed by atoms with Gasteiger partial charge in [0.25, 0.3) is 0 Å². The van der Waals surface area contributed by atoms with Gasteiger partial charge in [0.05, 0.1) is 0 Å². The van der Waals surface area contributed by atoms with Gasteiger partial charge < -0.3 is 0 Å². The van der Waals surface area contributed by atoms with Gasteiger partial charge in [-0.2, -0.15) is 0 Å². The molecule has 0 aliphatic carbocycles. The quantitative estimate of drug-likeness (QED) is 0.774. The maximum absolute atomic E-state index is 3.53. The lowest BCUT2D eigenvalue weighted by molar-refractivity contribution is 1.37. The summed E-state index contributed by atoms with van der Waals surface area (Å²) in [5.41, 5.74) is 0. The monoisotopic (exact) mass is 263 g/mol. The molecule has 2 aromatic rings. The fourth-order valence-corrected chi connectivity index (χ4v) is 2.46. The molecule has 1 radical (unpaired) electrons. The lowest BCUT2D eigenvalue weighted by Gasteiger charge is -2.02. The van der Waals surface area contributed by atoms with Gasteiger partial charge in [0.2, 0.25) is 0 Å². The van der Waals surface area contributed by atoms with Gasteiger partial charge in [0.15, 0.2) is 0 Å². The van der Waals surface area contributed by atoms with E-state index in [4.69, 9.17) is 0 Å². The number of rotatable bonds is 2. The average molecular weight is 264 g/mol. The van der Waals surface area contributed by atoms with Crippen LogP contribution in [0.4, 0.5) is 0 Å². The molecule has 0 bridgehead atoms. The Morgan fingerprint density at radius 2 is 1.71 bits per heavy atom. The van der Waals surface area contributed by atoms with Crippen LogP contribution in [0.15, 0.2) is 62.8 Å². The van der Waals surface area contributed by atoms with Gasteiger partial charge in [-0.3, -0.25) is 0 Å². The zero-order chi connectivity index (χ0) is 9.80. The van der Waals surface area contributed by atoms with E-state index >= 15 is 0 Å². The van der Waals surface area contributed by atoms with Crippen molar-refractivity contribution in [2.45, 2.75) is 9.79 Å². The Balaban J connectivity index is 2.24. The third-order valence-corrected chi connectivity index (χ3v) is 3.79. The van der Waals surface area contributed by atoms with Crippen LogP contribution in [0.25, 0.3) is 0 Å². The largest absolute Gasteiger partial charge is 0.0889 e. The second-order valence-electron chi connectivity index (χ2n) is 2.77. The van der Waals surface area contributed by atoms with Crippen LogP contribution in [-0.4, -0.2) is 0 Å². The van der Waals surface area contributed by atoms with Gasteiger partial charge in [-0.15, -0.1) is 0 Å². The summed E-state index contributed by atoms with van der Waals surface area (Å²) in [5, 5.41) is 0. The standard InChI is InChI=1S/C12H8BrS/c13-11-8-4-5-9-12(11)14-10-6-2-1-3-7-10/h2-9H. The molecule has 0 atom stereocenters. The summed E-state index contributed by atoms with van der Waals surface area (Å²) < 4.78 is 1.14. The molecule has 2 heteroatoms. The number of halogens is 1. The van der Waals surface area contributed by atoms with E-state index in [0.717, 1.165) is 4.47 Å². The number of hydrogen-bond donors (Lipinski definition) is 0. The predicted octanol–water partition coefficient (Wildman–Crippen LogP) is 4.40. The summed E-state index contributed by atoms with van der Waals surface area (Å²) in [7, 11) is 0. The first-order chi connectivity index (χ1) is 6.86. The summed E-state index contributed by atoms with van der Waals surface area (Å²) in [6, 6.07) is 19.2. The highest BCUT2D eigenvalue weighted by molar-refractivity contribution is 9.10. The van der Waals surface area contributed by atoms with Crippen molar-refractivity contribution in [3.05, 3.63) is 59.1 Å². The Morgan fingerprint density at radius 1 is 1.00 bits per heavy atom. The molecule has 0 saturated carbocycles. The molecule has 0 unspecified atom stereocenters. The maximum Gasteiger partial charge on any atom is 0.0314 e. The van der Waals surface area contributed by atoms with Crippen molar-refractivity contribution in [1.29, 1.82) is 0 Å². The second-order valence-corrected chi connectivity index (χ2v) is 4.74. The predicted molar refractivity (Wildman–Crippen MR) is 63.5 cm³/mol. The molecule has 0 heterocycles. The minimum absolute atomic E-state index is 1.14. The minimum Gasteiger partial charge on any atom is -0.0889 e.